The fourth-order valence-electron chi connectivity index (χ4n) is 2.76. The van der Waals surface area contributed by atoms with Gasteiger partial charge in [0.25, 0.3) is 5.91 Å². The van der Waals surface area contributed by atoms with Crippen molar-refractivity contribution in [3.63, 3.8) is 0 Å². The van der Waals surface area contributed by atoms with Gasteiger partial charge in [-0.3, -0.25) is 9.59 Å². The smallest absolute Gasteiger partial charge is 0.257 e. The molecule has 26 heavy (non-hydrogen) atoms. The van der Waals surface area contributed by atoms with Crippen LogP contribution in [0.3, 0.4) is 0 Å². The van der Waals surface area contributed by atoms with Crippen LogP contribution in [0, 0.1) is 6.92 Å². The van der Waals surface area contributed by atoms with Gasteiger partial charge in [0, 0.05) is 56.2 Å². The lowest BCUT2D eigenvalue weighted by Crippen LogP contribution is -2.50. The molecule has 136 valence electrons. The van der Waals surface area contributed by atoms with Gasteiger partial charge in [0.15, 0.2) is 0 Å². The Hall–Kier alpha value is -2.67. The van der Waals surface area contributed by atoms with Gasteiger partial charge in [0.1, 0.15) is 0 Å². The minimum absolute atomic E-state index is 0.0344. The number of nitrogens with one attached hydrogen (secondary N) is 1. The van der Waals surface area contributed by atoms with E-state index in [1.54, 1.807) is 22.8 Å². The maximum atomic E-state index is 12.5. The highest BCUT2D eigenvalue weighted by molar-refractivity contribution is 6.30. The molecule has 3 rings (SSSR count). The number of hydrogen-bond donors (Lipinski definition) is 1. The zero-order valence-electron chi connectivity index (χ0n) is 14.7. The molecule has 1 aliphatic heterocycles. The van der Waals surface area contributed by atoms with E-state index in [1.807, 2.05) is 19.1 Å². The van der Waals surface area contributed by atoms with E-state index in [9.17, 15) is 9.59 Å². The van der Waals surface area contributed by atoms with Gasteiger partial charge in [0.2, 0.25) is 11.9 Å². The summed E-state index contributed by atoms with van der Waals surface area (Å²) in [7, 11) is 0. The van der Waals surface area contributed by atoms with Crippen molar-refractivity contribution in [2.24, 2.45) is 0 Å². The maximum Gasteiger partial charge on any atom is 0.257 e. The van der Waals surface area contributed by atoms with Crippen LogP contribution >= 0.6 is 11.6 Å². The molecule has 7 nitrogen and oxygen atoms in total. The molecular formula is C18H20ClN5O2. The van der Waals surface area contributed by atoms with Crippen LogP contribution < -0.4 is 5.32 Å². The molecule has 1 saturated heterocycles. The molecule has 0 saturated carbocycles. The van der Waals surface area contributed by atoms with Crippen LogP contribution in [0.25, 0.3) is 0 Å². The summed E-state index contributed by atoms with van der Waals surface area (Å²) >= 11 is 6.01. The van der Waals surface area contributed by atoms with Crippen LogP contribution in [0.2, 0.25) is 5.02 Å². The minimum Gasteiger partial charge on any atom is -0.339 e. The quantitative estimate of drug-likeness (QED) is 0.894. The number of carbonyl (C=O) groups excluding carboxylic acids is 2. The van der Waals surface area contributed by atoms with E-state index in [1.165, 1.54) is 12.4 Å². The molecule has 1 aromatic carbocycles. The first-order valence-corrected chi connectivity index (χ1v) is 8.72. The average Bonchev–Trinajstić information content (AvgIpc) is 2.65. The lowest BCUT2D eigenvalue weighted by Gasteiger charge is -2.34. The van der Waals surface area contributed by atoms with Gasteiger partial charge in [0.05, 0.1) is 5.56 Å². The van der Waals surface area contributed by atoms with Gasteiger partial charge in [-0.15, -0.1) is 0 Å². The van der Waals surface area contributed by atoms with Crippen molar-refractivity contribution in [3.05, 3.63) is 46.7 Å². The Bertz CT molecular complexity index is 817. The molecular weight excluding hydrogens is 354 g/mol. The van der Waals surface area contributed by atoms with Gasteiger partial charge in [-0.25, -0.2) is 9.97 Å². The second-order valence-corrected chi connectivity index (χ2v) is 6.61. The second kappa shape index (κ2) is 7.70. The van der Waals surface area contributed by atoms with E-state index in [0.29, 0.717) is 42.7 Å². The predicted molar refractivity (Wildman–Crippen MR) is 99.7 cm³/mol. The zero-order chi connectivity index (χ0) is 18.7. The number of anilines is 2. The number of carbonyl (C=O) groups is 2. The average molecular weight is 374 g/mol. The number of amides is 2. The molecule has 2 aromatic rings. The highest BCUT2D eigenvalue weighted by atomic mass is 35.5. The number of piperazine rings is 1. The largest absolute Gasteiger partial charge is 0.339 e. The summed E-state index contributed by atoms with van der Waals surface area (Å²) in [5, 5.41) is 3.72. The van der Waals surface area contributed by atoms with Crippen LogP contribution in [-0.2, 0) is 4.79 Å². The third kappa shape index (κ3) is 4.11. The Labute approximate surface area is 157 Å². The SMILES string of the molecule is CC(=O)N1CCN(C(=O)c2cnc(Nc3cc(Cl)ccc3C)nc2)CC1. The molecule has 2 amide bonds. The summed E-state index contributed by atoms with van der Waals surface area (Å²) in [5.41, 5.74) is 2.26. The number of halogens is 1. The van der Waals surface area contributed by atoms with Crippen molar-refractivity contribution in [1.29, 1.82) is 0 Å². The number of benzene rings is 1. The maximum absolute atomic E-state index is 12.5. The summed E-state index contributed by atoms with van der Waals surface area (Å²) in [6, 6.07) is 5.52. The van der Waals surface area contributed by atoms with Gasteiger partial charge < -0.3 is 15.1 Å². The van der Waals surface area contributed by atoms with Gasteiger partial charge in [-0.2, -0.15) is 0 Å². The molecule has 0 aliphatic carbocycles. The molecule has 0 bridgehead atoms. The fourth-order valence-corrected chi connectivity index (χ4v) is 2.93. The molecule has 0 spiro atoms. The first-order chi connectivity index (χ1) is 12.4. The van der Waals surface area contributed by atoms with Crippen molar-refractivity contribution in [2.75, 3.05) is 31.5 Å². The normalized spacial score (nSPS) is 14.3. The van der Waals surface area contributed by atoms with Crippen molar-refractivity contribution < 1.29 is 9.59 Å². The van der Waals surface area contributed by atoms with Gasteiger partial charge in [-0.1, -0.05) is 17.7 Å². The number of aryl methyl sites for hydroxylation is 1. The van der Waals surface area contributed by atoms with Crippen LogP contribution in [0.1, 0.15) is 22.8 Å². The number of nitrogens with zero attached hydrogens (tertiary/aromatic N) is 4. The van der Waals surface area contributed by atoms with Crippen LogP contribution in [0.5, 0.6) is 0 Å². The fraction of sp³-hybridized carbons (Fsp3) is 0.333. The number of hydrogen-bond acceptors (Lipinski definition) is 5. The minimum atomic E-state index is -0.126. The second-order valence-electron chi connectivity index (χ2n) is 6.18. The molecule has 2 heterocycles. The standard InChI is InChI=1S/C18H20ClN5O2/c1-12-3-4-15(19)9-16(12)22-18-20-10-14(11-21-18)17(26)24-7-5-23(6-8-24)13(2)25/h3-4,9-11H,5-8H2,1-2H3,(H,20,21,22). The summed E-state index contributed by atoms with van der Waals surface area (Å²) in [6.07, 6.45) is 3.02. The highest BCUT2D eigenvalue weighted by Gasteiger charge is 2.23. The van der Waals surface area contributed by atoms with Crippen LogP contribution in [0.15, 0.2) is 30.6 Å². The molecule has 1 aliphatic rings. The molecule has 1 fully saturated rings. The van der Waals surface area contributed by atoms with Crippen molar-refractivity contribution in [2.45, 2.75) is 13.8 Å². The zero-order valence-corrected chi connectivity index (χ0v) is 15.5. The topological polar surface area (TPSA) is 78.4 Å². The predicted octanol–water partition coefficient (Wildman–Crippen LogP) is 2.49. The monoisotopic (exact) mass is 373 g/mol. The van der Waals surface area contributed by atoms with Gasteiger partial charge in [-0.05, 0) is 24.6 Å². The van der Waals surface area contributed by atoms with Crippen molar-refractivity contribution in [3.8, 4) is 0 Å². The Kier molecular flexibility index (Phi) is 5.37. The van der Waals surface area contributed by atoms with E-state index in [2.05, 4.69) is 15.3 Å². The van der Waals surface area contributed by atoms with Crippen molar-refractivity contribution >= 4 is 35.1 Å². The van der Waals surface area contributed by atoms with E-state index < -0.39 is 0 Å². The Balaban J connectivity index is 1.65. The number of rotatable bonds is 3. The Morgan fingerprint density at radius 2 is 1.69 bits per heavy atom. The number of aromatic nitrogens is 2. The molecule has 1 N–H and O–H groups in total. The van der Waals surface area contributed by atoms with Crippen LogP contribution in [0.4, 0.5) is 11.6 Å². The summed E-state index contributed by atoms with van der Waals surface area (Å²) < 4.78 is 0. The van der Waals surface area contributed by atoms with Crippen LogP contribution in [-0.4, -0.2) is 57.8 Å². The van der Waals surface area contributed by atoms with E-state index in [-0.39, 0.29) is 11.8 Å². The molecule has 0 unspecified atom stereocenters. The van der Waals surface area contributed by atoms with Gasteiger partial charge >= 0.3 is 0 Å². The lowest BCUT2D eigenvalue weighted by atomic mass is 10.2. The first kappa shape index (κ1) is 18.1. The summed E-state index contributed by atoms with van der Waals surface area (Å²) in [6.45, 7) is 5.63. The Morgan fingerprint density at radius 3 is 2.31 bits per heavy atom. The molecule has 8 heteroatoms. The van der Waals surface area contributed by atoms with E-state index >= 15 is 0 Å². The molecule has 0 radical (unpaired) electrons. The molecule has 1 aromatic heterocycles. The van der Waals surface area contributed by atoms with E-state index in [0.717, 1.165) is 11.3 Å². The third-order valence-corrected chi connectivity index (χ3v) is 4.59. The molecule has 0 atom stereocenters. The van der Waals surface area contributed by atoms with E-state index in [4.69, 9.17) is 11.6 Å². The summed E-state index contributed by atoms with van der Waals surface area (Å²) in [5.74, 6) is 0.305. The highest BCUT2D eigenvalue weighted by Crippen LogP contribution is 2.22. The van der Waals surface area contributed by atoms with Crippen molar-refractivity contribution in [1.82, 2.24) is 19.8 Å². The first-order valence-electron chi connectivity index (χ1n) is 8.34. The summed E-state index contributed by atoms with van der Waals surface area (Å²) in [4.78, 5) is 35.8. The Morgan fingerprint density at radius 1 is 1.08 bits per heavy atom. The lowest BCUT2D eigenvalue weighted by molar-refractivity contribution is -0.130. The third-order valence-electron chi connectivity index (χ3n) is 4.36.